The van der Waals surface area contributed by atoms with Crippen LogP contribution in [0.3, 0.4) is 0 Å². The number of fused-ring (bicyclic) bond motifs is 1. The van der Waals surface area contributed by atoms with Gasteiger partial charge in [0, 0.05) is 5.02 Å². The zero-order chi connectivity index (χ0) is 19.6. The monoisotopic (exact) mass is 411 g/mol. The number of hydrogen-bond donors (Lipinski definition) is 1. The Morgan fingerprint density at radius 3 is 2.78 bits per heavy atom. The van der Waals surface area contributed by atoms with Crippen molar-refractivity contribution in [2.45, 2.75) is 19.4 Å². The summed E-state index contributed by atoms with van der Waals surface area (Å²) >= 11 is 11.8. The van der Waals surface area contributed by atoms with Crippen LogP contribution in [0.2, 0.25) is 10.0 Å². The molecule has 0 saturated heterocycles. The molecule has 1 aliphatic heterocycles. The molecule has 142 valence electrons. The Morgan fingerprint density at radius 1 is 1.26 bits per heavy atom. The Bertz CT molecular complexity index is 890. The summed E-state index contributed by atoms with van der Waals surface area (Å²) in [6.45, 7) is 1.60. The first-order chi connectivity index (χ1) is 12.8. The third-order valence-corrected chi connectivity index (χ3v) is 4.66. The van der Waals surface area contributed by atoms with Gasteiger partial charge in [-0.25, -0.2) is 4.39 Å². The SMILES string of the molecule is C[C@@H](OC(=O)[C@@H]1COc2ccc(Cl)cc2C1)C(=O)Nc1ccc(F)cc1Cl. The smallest absolute Gasteiger partial charge is 0.313 e. The van der Waals surface area contributed by atoms with Crippen molar-refractivity contribution in [2.75, 3.05) is 11.9 Å². The van der Waals surface area contributed by atoms with Gasteiger partial charge in [-0.15, -0.1) is 0 Å². The fourth-order valence-electron chi connectivity index (χ4n) is 2.66. The number of carbonyl (C=O) groups excluding carboxylic acids is 2. The second-order valence-corrected chi connectivity index (χ2v) is 7.00. The van der Waals surface area contributed by atoms with Crippen molar-refractivity contribution in [1.29, 1.82) is 0 Å². The fourth-order valence-corrected chi connectivity index (χ4v) is 3.07. The van der Waals surface area contributed by atoms with E-state index in [-0.39, 0.29) is 17.3 Å². The summed E-state index contributed by atoms with van der Waals surface area (Å²) in [6.07, 6.45) is -0.647. The molecule has 0 fully saturated rings. The van der Waals surface area contributed by atoms with E-state index in [2.05, 4.69) is 5.32 Å². The van der Waals surface area contributed by atoms with Gasteiger partial charge in [0.15, 0.2) is 6.10 Å². The molecule has 0 unspecified atom stereocenters. The minimum absolute atomic E-state index is 0.0519. The van der Waals surface area contributed by atoms with E-state index in [9.17, 15) is 14.0 Å². The van der Waals surface area contributed by atoms with E-state index in [0.717, 1.165) is 11.6 Å². The third kappa shape index (κ3) is 4.70. The van der Waals surface area contributed by atoms with Crippen LogP contribution >= 0.6 is 23.2 Å². The Hall–Kier alpha value is -2.31. The number of hydrogen-bond acceptors (Lipinski definition) is 4. The van der Waals surface area contributed by atoms with Crippen molar-refractivity contribution in [2.24, 2.45) is 5.92 Å². The molecule has 1 aliphatic rings. The largest absolute Gasteiger partial charge is 0.492 e. The molecule has 0 saturated carbocycles. The van der Waals surface area contributed by atoms with Gasteiger partial charge < -0.3 is 14.8 Å². The van der Waals surface area contributed by atoms with E-state index in [0.29, 0.717) is 17.2 Å². The summed E-state index contributed by atoms with van der Waals surface area (Å²) < 4.78 is 23.9. The molecule has 1 heterocycles. The zero-order valence-corrected chi connectivity index (χ0v) is 15.8. The lowest BCUT2D eigenvalue weighted by molar-refractivity contribution is -0.158. The molecule has 27 heavy (non-hydrogen) atoms. The van der Waals surface area contributed by atoms with Gasteiger partial charge in [0.2, 0.25) is 0 Å². The van der Waals surface area contributed by atoms with Crippen LogP contribution in [0.4, 0.5) is 10.1 Å². The third-order valence-electron chi connectivity index (χ3n) is 4.11. The minimum Gasteiger partial charge on any atom is -0.492 e. The van der Waals surface area contributed by atoms with Crippen molar-refractivity contribution < 1.29 is 23.5 Å². The van der Waals surface area contributed by atoms with Crippen LogP contribution in [0, 0.1) is 11.7 Å². The summed E-state index contributed by atoms with van der Waals surface area (Å²) in [5, 5.41) is 3.11. The number of amides is 1. The molecule has 2 atom stereocenters. The van der Waals surface area contributed by atoms with Crippen LogP contribution in [0.15, 0.2) is 36.4 Å². The van der Waals surface area contributed by atoms with Crippen molar-refractivity contribution >= 4 is 40.8 Å². The van der Waals surface area contributed by atoms with E-state index in [1.807, 2.05) is 0 Å². The number of halogens is 3. The lowest BCUT2D eigenvalue weighted by Gasteiger charge is -2.25. The van der Waals surface area contributed by atoms with Crippen molar-refractivity contribution in [3.63, 3.8) is 0 Å². The average Bonchev–Trinajstić information content (AvgIpc) is 2.63. The van der Waals surface area contributed by atoms with E-state index in [1.165, 1.54) is 19.1 Å². The van der Waals surface area contributed by atoms with Crippen molar-refractivity contribution in [3.05, 3.63) is 57.8 Å². The van der Waals surface area contributed by atoms with Crippen LogP contribution in [0.25, 0.3) is 0 Å². The Balaban J connectivity index is 1.59. The van der Waals surface area contributed by atoms with Gasteiger partial charge in [-0.3, -0.25) is 9.59 Å². The van der Waals surface area contributed by atoms with Gasteiger partial charge >= 0.3 is 5.97 Å². The minimum atomic E-state index is -1.06. The fraction of sp³-hybridized carbons (Fsp3) is 0.263. The van der Waals surface area contributed by atoms with Gasteiger partial charge in [-0.2, -0.15) is 0 Å². The second-order valence-electron chi connectivity index (χ2n) is 6.16. The topological polar surface area (TPSA) is 64.6 Å². The van der Waals surface area contributed by atoms with E-state index < -0.39 is 29.7 Å². The number of anilines is 1. The van der Waals surface area contributed by atoms with Gasteiger partial charge in [0.1, 0.15) is 18.2 Å². The second kappa shape index (κ2) is 8.15. The predicted molar refractivity (Wildman–Crippen MR) is 99.7 cm³/mol. The Labute approximate surface area is 165 Å². The molecule has 3 rings (SSSR count). The van der Waals surface area contributed by atoms with Crippen molar-refractivity contribution in [1.82, 2.24) is 0 Å². The number of ether oxygens (including phenoxy) is 2. The molecule has 2 aromatic rings. The van der Waals surface area contributed by atoms with Gasteiger partial charge in [-0.05, 0) is 55.3 Å². The highest BCUT2D eigenvalue weighted by Gasteiger charge is 2.30. The molecule has 0 aromatic heterocycles. The number of benzene rings is 2. The van der Waals surface area contributed by atoms with Gasteiger partial charge in [0.05, 0.1) is 16.6 Å². The molecule has 0 spiro atoms. The van der Waals surface area contributed by atoms with Crippen LogP contribution < -0.4 is 10.1 Å². The molecule has 2 aromatic carbocycles. The molecule has 1 N–H and O–H groups in total. The maximum Gasteiger partial charge on any atom is 0.313 e. The molecular weight excluding hydrogens is 396 g/mol. The molecule has 8 heteroatoms. The molecule has 0 radical (unpaired) electrons. The van der Waals surface area contributed by atoms with E-state index >= 15 is 0 Å². The summed E-state index contributed by atoms with van der Waals surface area (Å²) in [4.78, 5) is 24.6. The highest BCUT2D eigenvalue weighted by Crippen LogP contribution is 2.30. The molecule has 1 amide bonds. The number of carbonyl (C=O) groups is 2. The van der Waals surface area contributed by atoms with E-state index in [4.69, 9.17) is 32.7 Å². The highest BCUT2D eigenvalue weighted by molar-refractivity contribution is 6.33. The maximum absolute atomic E-state index is 13.1. The Morgan fingerprint density at radius 2 is 2.04 bits per heavy atom. The summed E-state index contributed by atoms with van der Waals surface area (Å²) in [5.74, 6) is -1.50. The lowest BCUT2D eigenvalue weighted by atomic mass is 9.97. The first kappa shape index (κ1) is 19.5. The van der Waals surface area contributed by atoms with Gasteiger partial charge in [-0.1, -0.05) is 23.2 Å². The van der Waals surface area contributed by atoms with Crippen molar-refractivity contribution in [3.8, 4) is 5.75 Å². The van der Waals surface area contributed by atoms with Crippen LogP contribution in [-0.4, -0.2) is 24.6 Å². The maximum atomic E-state index is 13.1. The van der Waals surface area contributed by atoms with Crippen LogP contribution in [-0.2, 0) is 20.7 Å². The standard InChI is InChI=1S/C19H16Cl2FNO4/c1-10(18(24)23-16-4-3-14(22)8-15(16)21)27-19(25)12-6-11-7-13(20)2-5-17(11)26-9-12/h2-5,7-8,10,12H,6,9H2,1H3,(H,23,24)/t10-,12+/m1/s1. The predicted octanol–water partition coefficient (Wildman–Crippen LogP) is 4.25. The van der Waals surface area contributed by atoms with Crippen LogP contribution in [0.1, 0.15) is 12.5 Å². The molecule has 0 aliphatic carbocycles. The van der Waals surface area contributed by atoms with Crippen LogP contribution in [0.5, 0.6) is 5.75 Å². The summed E-state index contributed by atoms with van der Waals surface area (Å²) in [6, 6.07) is 8.78. The summed E-state index contributed by atoms with van der Waals surface area (Å²) in [5.41, 5.74) is 1.04. The first-order valence-corrected chi connectivity index (χ1v) is 8.96. The Kier molecular flexibility index (Phi) is 5.87. The summed E-state index contributed by atoms with van der Waals surface area (Å²) in [7, 11) is 0. The lowest BCUT2D eigenvalue weighted by Crippen LogP contribution is -2.36. The average molecular weight is 412 g/mol. The molecule has 5 nitrogen and oxygen atoms in total. The first-order valence-electron chi connectivity index (χ1n) is 8.21. The number of rotatable bonds is 4. The molecule has 0 bridgehead atoms. The van der Waals surface area contributed by atoms with E-state index in [1.54, 1.807) is 18.2 Å². The zero-order valence-electron chi connectivity index (χ0n) is 14.3. The number of nitrogens with one attached hydrogen (secondary N) is 1. The highest BCUT2D eigenvalue weighted by atomic mass is 35.5. The number of esters is 1. The quantitative estimate of drug-likeness (QED) is 0.763. The van der Waals surface area contributed by atoms with Gasteiger partial charge in [0.25, 0.3) is 5.91 Å². The molecular formula is C19H16Cl2FNO4. The normalized spacial score (nSPS) is 16.7.